The van der Waals surface area contributed by atoms with Gasteiger partial charge in [-0.1, -0.05) is 13.8 Å². The molecule has 1 N–H and O–H groups in total. The Labute approximate surface area is 111 Å². The molecule has 4 nitrogen and oxygen atoms in total. The minimum atomic E-state index is -0.280. The molecule has 1 aromatic heterocycles. The van der Waals surface area contributed by atoms with Crippen molar-refractivity contribution in [2.75, 3.05) is 0 Å². The highest BCUT2D eigenvalue weighted by atomic mass is 16.3. The Balaban J connectivity index is 1.84. The average molecular weight is 259 g/mol. The number of ketones is 1. The molecule has 0 radical (unpaired) electrons. The van der Waals surface area contributed by atoms with E-state index in [0.717, 1.165) is 17.7 Å². The summed E-state index contributed by atoms with van der Waals surface area (Å²) in [6.07, 6.45) is 2.24. The third-order valence-electron chi connectivity index (χ3n) is 4.50. The van der Waals surface area contributed by atoms with Gasteiger partial charge >= 0.3 is 0 Å². The standard InChI is InChI=1S/C15H17NO3/c1-8(17)12-10(7-9-13(12)15(9,2)3)16-14(18)11-5-4-6-19-11/h4-6,9,13H,7H2,1-3H3,(H,16,18)/t9-,13+/m0/s1. The molecule has 2 aliphatic rings. The lowest BCUT2D eigenvalue weighted by Crippen LogP contribution is -2.25. The normalized spacial score (nSPS) is 27.1. The largest absolute Gasteiger partial charge is 0.459 e. The minimum absolute atomic E-state index is 0.0628. The van der Waals surface area contributed by atoms with E-state index >= 15 is 0 Å². The van der Waals surface area contributed by atoms with Crippen LogP contribution >= 0.6 is 0 Å². The van der Waals surface area contributed by atoms with Gasteiger partial charge in [-0.2, -0.15) is 0 Å². The van der Waals surface area contributed by atoms with Gasteiger partial charge in [-0.25, -0.2) is 0 Å². The predicted molar refractivity (Wildman–Crippen MR) is 69.3 cm³/mol. The van der Waals surface area contributed by atoms with Crippen LogP contribution in [0.1, 0.15) is 37.7 Å². The molecule has 1 heterocycles. The summed E-state index contributed by atoms with van der Waals surface area (Å²) in [7, 11) is 0. The van der Waals surface area contributed by atoms with Gasteiger partial charge in [0.1, 0.15) is 0 Å². The Morgan fingerprint density at radius 3 is 2.74 bits per heavy atom. The molecule has 0 spiro atoms. The van der Waals surface area contributed by atoms with E-state index in [-0.39, 0.29) is 22.9 Å². The Morgan fingerprint density at radius 1 is 1.42 bits per heavy atom. The van der Waals surface area contributed by atoms with Gasteiger partial charge < -0.3 is 9.73 Å². The van der Waals surface area contributed by atoms with Gasteiger partial charge in [-0.3, -0.25) is 9.59 Å². The summed E-state index contributed by atoms with van der Waals surface area (Å²) in [5.41, 5.74) is 1.78. The smallest absolute Gasteiger partial charge is 0.291 e. The van der Waals surface area contributed by atoms with Crippen molar-refractivity contribution in [2.24, 2.45) is 17.3 Å². The van der Waals surface area contributed by atoms with E-state index in [9.17, 15) is 9.59 Å². The van der Waals surface area contributed by atoms with Crippen molar-refractivity contribution in [3.05, 3.63) is 35.4 Å². The lowest BCUT2D eigenvalue weighted by Gasteiger charge is -2.14. The first-order chi connectivity index (χ1) is 8.93. The lowest BCUT2D eigenvalue weighted by molar-refractivity contribution is -0.114. The van der Waals surface area contributed by atoms with E-state index < -0.39 is 0 Å². The number of carbonyl (C=O) groups excluding carboxylic acids is 2. The number of amides is 1. The molecule has 0 saturated heterocycles. The molecule has 100 valence electrons. The quantitative estimate of drug-likeness (QED) is 0.907. The topological polar surface area (TPSA) is 59.3 Å². The zero-order valence-electron chi connectivity index (χ0n) is 11.3. The first kappa shape index (κ1) is 12.2. The highest BCUT2D eigenvalue weighted by Crippen LogP contribution is 2.68. The molecule has 4 heteroatoms. The number of allylic oxidation sites excluding steroid dienone is 2. The molecule has 0 aliphatic heterocycles. The Morgan fingerprint density at radius 2 is 2.16 bits per heavy atom. The molecule has 1 saturated carbocycles. The molecular formula is C15H17NO3. The second kappa shape index (κ2) is 3.83. The van der Waals surface area contributed by atoms with Crippen LogP contribution in [0.5, 0.6) is 0 Å². The third kappa shape index (κ3) is 1.74. The number of carbonyl (C=O) groups is 2. The SMILES string of the molecule is CC(=O)C1=C(NC(=O)c2ccco2)C[C@H]2[C@H]1C2(C)C. The van der Waals surface area contributed by atoms with E-state index in [1.165, 1.54) is 6.26 Å². The van der Waals surface area contributed by atoms with Crippen LogP contribution in [0.15, 0.2) is 34.1 Å². The van der Waals surface area contributed by atoms with Gasteiger partial charge in [0.25, 0.3) is 5.91 Å². The van der Waals surface area contributed by atoms with Crippen molar-refractivity contribution in [1.29, 1.82) is 0 Å². The highest BCUT2D eigenvalue weighted by molar-refractivity contribution is 5.99. The van der Waals surface area contributed by atoms with Crippen LogP contribution in [-0.2, 0) is 4.79 Å². The average Bonchev–Trinajstić information content (AvgIpc) is 2.83. The van der Waals surface area contributed by atoms with Crippen molar-refractivity contribution in [3.63, 3.8) is 0 Å². The highest BCUT2D eigenvalue weighted by Gasteiger charge is 2.64. The molecular weight excluding hydrogens is 242 g/mol. The first-order valence-corrected chi connectivity index (χ1v) is 6.51. The second-order valence-electron chi connectivity index (χ2n) is 5.99. The van der Waals surface area contributed by atoms with Crippen molar-refractivity contribution in [3.8, 4) is 0 Å². The van der Waals surface area contributed by atoms with Gasteiger partial charge in [-0.05, 0) is 42.7 Å². The van der Waals surface area contributed by atoms with E-state index in [2.05, 4.69) is 19.2 Å². The number of hydrogen-bond acceptors (Lipinski definition) is 3. The van der Waals surface area contributed by atoms with E-state index in [1.54, 1.807) is 19.1 Å². The summed E-state index contributed by atoms with van der Waals surface area (Å²) < 4.78 is 5.06. The maximum Gasteiger partial charge on any atom is 0.291 e. The first-order valence-electron chi connectivity index (χ1n) is 6.51. The van der Waals surface area contributed by atoms with Crippen molar-refractivity contribution in [1.82, 2.24) is 5.32 Å². The predicted octanol–water partition coefficient (Wildman–Crippen LogP) is 2.53. The minimum Gasteiger partial charge on any atom is -0.459 e. The zero-order valence-corrected chi connectivity index (χ0v) is 11.3. The Bertz CT molecular complexity index is 581. The lowest BCUT2D eigenvalue weighted by atomic mass is 9.96. The number of fused-ring (bicyclic) bond motifs is 1. The van der Waals surface area contributed by atoms with Gasteiger partial charge in [0.15, 0.2) is 11.5 Å². The fraction of sp³-hybridized carbons (Fsp3) is 0.467. The van der Waals surface area contributed by atoms with Crippen LogP contribution in [0.3, 0.4) is 0 Å². The van der Waals surface area contributed by atoms with Crippen LogP contribution in [0.4, 0.5) is 0 Å². The molecule has 0 aromatic carbocycles. The van der Waals surface area contributed by atoms with Gasteiger partial charge in [0.05, 0.1) is 6.26 Å². The van der Waals surface area contributed by atoms with E-state index in [0.29, 0.717) is 11.8 Å². The molecule has 1 amide bonds. The number of Topliss-reactive ketones (excluding diaryl/α,β-unsaturated/α-hetero) is 1. The van der Waals surface area contributed by atoms with Crippen LogP contribution in [-0.4, -0.2) is 11.7 Å². The Kier molecular flexibility index (Phi) is 2.46. The molecule has 2 aliphatic carbocycles. The molecule has 19 heavy (non-hydrogen) atoms. The Hall–Kier alpha value is -1.84. The molecule has 1 aromatic rings. The molecule has 3 rings (SSSR count). The maximum atomic E-state index is 12.0. The summed E-state index contributed by atoms with van der Waals surface area (Å²) >= 11 is 0. The molecule has 0 unspecified atom stereocenters. The van der Waals surface area contributed by atoms with E-state index in [4.69, 9.17) is 4.42 Å². The second-order valence-corrected chi connectivity index (χ2v) is 5.99. The number of nitrogens with one attached hydrogen (secondary N) is 1. The third-order valence-corrected chi connectivity index (χ3v) is 4.50. The fourth-order valence-electron chi connectivity index (χ4n) is 3.37. The van der Waals surface area contributed by atoms with Gasteiger partial charge in [-0.15, -0.1) is 0 Å². The number of rotatable bonds is 3. The van der Waals surface area contributed by atoms with Gasteiger partial charge in [0.2, 0.25) is 0 Å². The number of furan rings is 1. The number of hydrogen-bond donors (Lipinski definition) is 1. The van der Waals surface area contributed by atoms with Crippen LogP contribution in [0.25, 0.3) is 0 Å². The summed E-state index contributed by atoms with van der Waals surface area (Å²) in [6.45, 7) is 5.93. The van der Waals surface area contributed by atoms with Crippen LogP contribution in [0, 0.1) is 17.3 Å². The van der Waals surface area contributed by atoms with Crippen molar-refractivity contribution in [2.45, 2.75) is 27.2 Å². The van der Waals surface area contributed by atoms with Crippen LogP contribution in [0.2, 0.25) is 0 Å². The van der Waals surface area contributed by atoms with Gasteiger partial charge in [0, 0.05) is 11.3 Å². The van der Waals surface area contributed by atoms with E-state index in [1.807, 2.05) is 0 Å². The van der Waals surface area contributed by atoms with Crippen molar-refractivity contribution >= 4 is 11.7 Å². The van der Waals surface area contributed by atoms with Crippen molar-refractivity contribution < 1.29 is 14.0 Å². The molecule has 1 fully saturated rings. The summed E-state index contributed by atoms with van der Waals surface area (Å²) in [4.78, 5) is 23.8. The fourth-order valence-corrected chi connectivity index (χ4v) is 3.37. The molecule has 0 bridgehead atoms. The van der Waals surface area contributed by atoms with Crippen LogP contribution < -0.4 is 5.32 Å². The summed E-state index contributed by atoms with van der Waals surface area (Å²) in [5.74, 6) is 0.844. The summed E-state index contributed by atoms with van der Waals surface area (Å²) in [6, 6.07) is 3.29. The monoisotopic (exact) mass is 259 g/mol. The summed E-state index contributed by atoms with van der Waals surface area (Å²) in [5, 5.41) is 2.84. The zero-order chi connectivity index (χ0) is 13.8. The molecule has 2 atom stereocenters. The maximum absolute atomic E-state index is 12.0.